The Morgan fingerprint density at radius 3 is 2.40 bits per heavy atom. The molecule has 15 heteroatoms. The van der Waals surface area contributed by atoms with Crippen LogP contribution in [0, 0.1) is 5.82 Å². The van der Waals surface area contributed by atoms with Gasteiger partial charge in [-0.2, -0.15) is 23.4 Å². The van der Waals surface area contributed by atoms with Crippen molar-refractivity contribution in [2.24, 2.45) is 0 Å². The van der Waals surface area contributed by atoms with E-state index >= 15 is 4.39 Å². The first kappa shape index (κ1) is 27.4. The highest BCUT2D eigenvalue weighted by atomic mass is 35.5. The van der Waals surface area contributed by atoms with Crippen LogP contribution in [0.5, 0.6) is 11.5 Å². The Morgan fingerprint density at radius 1 is 0.900 bits per heavy atom. The minimum absolute atomic E-state index is 0.0635. The van der Waals surface area contributed by atoms with Crippen molar-refractivity contribution in [1.82, 2.24) is 20.4 Å². The molecule has 2 aromatic heterocycles. The van der Waals surface area contributed by atoms with E-state index in [1.807, 2.05) is 0 Å². The first-order valence-corrected chi connectivity index (χ1v) is 13.8. The van der Waals surface area contributed by atoms with Gasteiger partial charge in [-0.3, -0.25) is 4.72 Å². The first-order valence-electron chi connectivity index (χ1n) is 11.1. The van der Waals surface area contributed by atoms with Crippen LogP contribution in [0.2, 0.25) is 5.02 Å². The van der Waals surface area contributed by atoms with Crippen molar-refractivity contribution in [2.75, 3.05) is 4.72 Å². The summed E-state index contributed by atoms with van der Waals surface area (Å²) in [6.07, 6.45) is -1.84. The quantitative estimate of drug-likeness (QED) is 0.197. The highest BCUT2D eigenvalue weighted by molar-refractivity contribution is 7.93. The van der Waals surface area contributed by atoms with Crippen LogP contribution in [0.25, 0.3) is 22.3 Å². The molecule has 0 fully saturated rings. The summed E-state index contributed by atoms with van der Waals surface area (Å²) >= 11 is 7.18. The van der Waals surface area contributed by atoms with Gasteiger partial charge in [-0.1, -0.05) is 47.2 Å². The molecule has 5 rings (SSSR count). The third-order valence-corrected chi connectivity index (χ3v) is 7.88. The van der Waals surface area contributed by atoms with Gasteiger partial charge in [-0.05, 0) is 41.5 Å². The summed E-state index contributed by atoms with van der Waals surface area (Å²) in [7, 11) is -4.39. The molecule has 0 unspecified atom stereocenters. The molecule has 0 aliphatic carbocycles. The molecule has 8 nitrogen and oxygen atoms in total. The van der Waals surface area contributed by atoms with Crippen molar-refractivity contribution in [3.63, 3.8) is 0 Å². The molecule has 1 N–H and O–H groups in total. The molecular weight excluding hydrogens is 594 g/mol. The van der Waals surface area contributed by atoms with Crippen LogP contribution in [0.3, 0.4) is 0 Å². The second kappa shape index (κ2) is 10.8. The van der Waals surface area contributed by atoms with Crippen LogP contribution in [-0.2, 0) is 16.2 Å². The number of hydrogen-bond donors (Lipinski definition) is 1. The van der Waals surface area contributed by atoms with Gasteiger partial charge in [0.25, 0.3) is 10.0 Å². The molecule has 0 aliphatic heterocycles. The fourth-order valence-electron chi connectivity index (χ4n) is 3.74. The summed E-state index contributed by atoms with van der Waals surface area (Å²) in [5, 5.41) is 14.3. The number of rotatable bonds is 7. The maximum absolute atomic E-state index is 15.0. The highest BCUT2D eigenvalue weighted by Gasteiger charge is 2.33. The van der Waals surface area contributed by atoms with E-state index in [-0.39, 0.29) is 32.8 Å². The van der Waals surface area contributed by atoms with E-state index in [2.05, 4.69) is 25.1 Å². The lowest BCUT2D eigenvalue weighted by Gasteiger charge is -2.17. The Bertz CT molecular complexity index is 1790. The zero-order valence-electron chi connectivity index (χ0n) is 19.7. The Labute approximate surface area is 233 Å². The summed E-state index contributed by atoms with van der Waals surface area (Å²) in [5.74, 6) is -1.31. The molecule has 0 saturated carbocycles. The molecule has 2 heterocycles. The lowest BCUT2D eigenvalue weighted by Crippen LogP contribution is -2.14. The van der Waals surface area contributed by atoms with Crippen LogP contribution >= 0.6 is 22.9 Å². The number of anilines is 1. The fraction of sp³-hybridized carbons (Fsp3) is 0.0400. The minimum atomic E-state index is -4.60. The van der Waals surface area contributed by atoms with E-state index < -0.39 is 32.5 Å². The number of nitrogens with one attached hydrogen (secondary N) is 1. The lowest BCUT2D eigenvalue weighted by atomic mass is 9.95. The van der Waals surface area contributed by atoms with Gasteiger partial charge in [0.15, 0.2) is 0 Å². The Morgan fingerprint density at radius 2 is 1.70 bits per heavy atom. The highest BCUT2D eigenvalue weighted by Crippen LogP contribution is 2.42. The molecule has 5 aromatic rings. The van der Waals surface area contributed by atoms with E-state index in [1.54, 1.807) is 6.07 Å². The first-order chi connectivity index (χ1) is 19.0. The van der Waals surface area contributed by atoms with Crippen molar-refractivity contribution >= 4 is 38.1 Å². The smallest absolute Gasteiger partial charge is 0.417 e. The second-order valence-corrected chi connectivity index (χ2v) is 10.9. The molecule has 0 spiro atoms. The third kappa shape index (κ3) is 5.73. The number of benzene rings is 3. The predicted molar refractivity (Wildman–Crippen MR) is 140 cm³/mol. The van der Waals surface area contributed by atoms with Crippen molar-refractivity contribution in [1.29, 1.82) is 0 Å². The van der Waals surface area contributed by atoms with Gasteiger partial charge in [0.05, 0.1) is 23.0 Å². The van der Waals surface area contributed by atoms with Crippen LogP contribution in [-0.4, -0.2) is 28.8 Å². The molecule has 0 saturated heterocycles. The maximum atomic E-state index is 15.0. The predicted octanol–water partition coefficient (Wildman–Crippen LogP) is 7.07. The number of nitrogens with zero attached hydrogens (tertiary/aromatic N) is 4. The molecular formula is C25H14ClF4N5O3S2. The van der Waals surface area contributed by atoms with Gasteiger partial charge >= 0.3 is 6.18 Å². The van der Waals surface area contributed by atoms with Gasteiger partial charge in [0.1, 0.15) is 27.7 Å². The van der Waals surface area contributed by atoms with Gasteiger partial charge in [-0.25, -0.2) is 12.8 Å². The number of sulfonamides is 1. The summed E-state index contributed by atoms with van der Waals surface area (Å²) in [4.78, 5) is -0.752. The van der Waals surface area contributed by atoms with E-state index in [0.29, 0.717) is 11.1 Å². The van der Waals surface area contributed by atoms with E-state index in [4.69, 9.17) is 16.3 Å². The molecule has 0 amide bonds. The minimum Gasteiger partial charge on any atom is -0.455 e. The molecule has 0 aliphatic rings. The van der Waals surface area contributed by atoms with Crippen molar-refractivity contribution in [3.05, 3.63) is 95.0 Å². The molecule has 3 aromatic carbocycles. The van der Waals surface area contributed by atoms with E-state index in [1.165, 1.54) is 54.3 Å². The maximum Gasteiger partial charge on any atom is 0.417 e. The number of aromatic nitrogens is 4. The second-order valence-electron chi connectivity index (χ2n) is 8.05. The lowest BCUT2D eigenvalue weighted by molar-refractivity contribution is -0.137. The summed E-state index contributed by atoms with van der Waals surface area (Å²) in [5.41, 5.74) is 1.37. The number of halogens is 5. The average Bonchev–Trinajstić information content (AvgIpc) is 3.43. The Balaban J connectivity index is 1.56. The molecule has 204 valence electrons. The summed E-state index contributed by atoms with van der Waals surface area (Å²) < 4.78 is 89.3. The van der Waals surface area contributed by atoms with Gasteiger partial charge in [0, 0.05) is 17.2 Å². The zero-order valence-corrected chi connectivity index (χ0v) is 22.1. The standard InChI is InChI=1S/C25H14ClF4N5O3S2/c26-19-10-23(40(36,37)35-24-34-33-13-39-24)20(27)11-22(19)38-21-6-5-14(9-17(21)15-7-8-31-32-12-15)16-3-1-2-4-18(16)25(28,29)30/h1-13H,(H,34,35). The van der Waals surface area contributed by atoms with Crippen LogP contribution in [0.1, 0.15) is 5.56 Å². The van der Waals surface area contributed by atoms with E-state index in [9.17, 15) is 21.6 Å². The normalized spacial score (nSPS) is 11.8. The number of alkyl halides is 3. The zero-order chi connectivity index (χ0) is 28.5. The average molecular weight is 608 g/mol. The SMILES string of the molecule is O=S(=O)(Nc1nncs1)c1cc(Cl)c(Oc2ccc(-c3ccccc3C(F)(F)F)cc2-c2ccnnc2)cc1F. The van der Waals surface area contributed by atoms with Crippen LogP contribution in [0.15, 0.2) is 83.5 Å². The topological polar surface area (TPSA) is 107 Å². The number of hydrogen-bond acceptors (Lipinski definition) is 8. The molecule has 0 bridgehead atoms. The summed E-state index contributed by atoms with van der Waals surface area (Å²) in [6, 6.07) is 12.6. The summed E-state index contributed by atoms with van der Waals surface area (Å²) in [6.45, 7) is 0. The van der Waals surface area contributed by atoms with Crippen molar-refractivity contribution in [2.45, 2.75) is 11.1 Å². The monoisotopic (exact) mass is 607 g/mol. The van der Waals surface area contributed by atoms with Crippen LogP contribution < -0.4 is 9.46 Å². The molecule has 0 radical (unpaired) electrons. The van der Waals surface area contributed by atoms with Gasteiger partial charge in [0.2, 0.25) is 5.13 Å². The Hall–Kier alpha value is -4.14. The van der Waals surface area contributed by atoms with E-state index in [0.717, 1.165) is 29.5 Å². The molecule has 40 heavy (non-hydrogen) atoms. The van der Waals surface area contributed by atoms with Crippen molar-refractivity contribution < 1.29 is 30.7 Å². The van der Waals surface area contributed by atoms with Gasteiger partial charge in [-0.15, -0.1) is 10.2 Å². The largest absolute Gasteiger partial charge is 0.455 e. The molecule has 0 atom stereocenters. The fourth-order valence-corrected chi connectivity index (χ4v) is 5.79. The number of ether oxygens (including phenoxy) is 1. The van der Waals surface area contributed by atoms with Crippen LogP contribution in [0.4, 0.5) is 22.7 Å². The third-order valence-electron chi connectivity index (χ3n) is 5.50. The Kier molecular flexibility index (Phi) is 7.40. The van der Waals surface area contributed by atoms with Gasteiger partial charge < -0.3 is 4.74 Å². The van der Waals surface area contributed by atoms with Crippen molar-refractivity contribution in [3.8, 4) is 33.8 Å².